The summed E-state index contributed by atoms with van der Waals surface area (Å²) in [6.07, 6.45) is 3.14. The molecule has 0 aromatic rings. The highest BCUT2D eigenvalue weighted by Gasteiger charge is 2.31. The summed E-state index contributed by atoms with van der Waals surface area (Å²) in [5, 5.41) is 3.16. The maximum atomic E-state index is 11.1. The molecule has 90 valence electrons. The molecule has 1 fully saturated rings. The Balaban J connectivity index is 2.48. The third-order valence-electron chi connectivity index (χ3n) is 3.01. The highest BCUT2D eigenvalue weighted by atomic mass is 32.2. The first-order chi connectivity index (χ1) is 6.94. The standard InChI is InChI=1S/C10H21NO3S/c1-8-4-6-14-10(8)9(11-2)5-7-15(3,12)13/h8-11H,4-7H2,1-3H3. The minimum Gasteiger partial charge on any atom is -0.376 e. The summed E-state index contributed by atoms with van der Waals surface area (Å²) in [5.41, 5.74) is 0. The molecule has 5 heteroatoms. The van der Waals surface area contributed by atoms with Crippen LogP contribution in [-0.2, 0) is 14.6 Å². The first kappa shape index (κ1) is 12.9. The van der Waals surface area contributed by atoms with E-state index in [0.29, 0.717) is 12.3 Å². The number of likely N-dealkylation sites (N-methyl/N-ethyl adjacent to an activating group) is 1. The summed E-state index contributed by atoms with van der Waals surface area (Å²) in [5.74, 6) is 0.743. The molecule has 4 nitrogen and oxygen atoms in total. The van der Waals surface area contributed by atoms with Gasteiger partial charge in [-0.2, -0.15) is 0 Å². The second-order valence-corrected chi connectivity index (χ2v) is 6.67. The maximum Gasteiger partial charge on any atom is 0.147 e. The third-order valence-corrected chi connectivity index (χ3v) is 3.99. The Kier molecular flexibility index (Phi) is 4.55. The molecule has 1 rings (SSSR count). The van der Waals surface area contributed by atoms with Crippen molar-refractivity contribution in [3.05, 3.63) is 0 Å². The van der Waals surface area contributed by atoms with E-state index in [1.807, 2.05) is 7.05 Å². The number of ether oxygens (including phenoxy) is 1. The van der Waals surface area contributed by atoms with E-state index in [0.717, 1.165) is 13.0 Å². The van der Waals surface area contributed by atoms with E-state index in [1.165, 1.54) is 6.26 Å². The van der Waals surface area contributed by atoms with Crippen LogP contribution >= 0.6 is 0 Å². The molecule has 15 heavy (non-hydrogen) atoms. The molecule has 0 aliphatic carbocycles. The molecule has 1 saturated heterocycles. The lowest BCUT2D eigenvalue weighted by molar-refractivity contribution is 0.0624. The molecule has 0 saturated carbocycles. The van der Waals surface area contributed by atoms with E-state index in [4.69, 9.17) is 4.74 Å². The fourth-order valence-electron chi connectivity index (χ4n) is 2.05. The largest absolute Gasteiger partial charge is 0.376 e. The van der Waals surface area contributed by atoms with Crippen LogP contribution in [0.3, 0.4) is 0 Å². The average Bonchev–Trinajstić information content (AvgIpc) is 2.52. The number of hydrogen-bond donors (Lipinski definition) is 1. The topological polar surface area (TPSA) is 55.4 Å². The molecule has 0 bridgehead atoms. The van der Waals surface area contributed by atoms with Crippen molar-refractivity contribution in [3.63, 3.8) is 0 Å². The SMILES string of the molecule is CNC(CCS(C)(=O)=O)C1OCCC1C. The number of rotatable bonds is 5. The van der Waals surface area contributed by atoms with Crippen LogP contribution in [0.2, 0.25) is 0 Å². The first-order valence-electron chi connectivity index (χ1n) is 5.40. The van der Waals surface area contributed by atoms with Crippen molar-refractivity contribution in [1.82, 2.24) is 5.32 Å². The Morgan fingerprint density at radius 2 is 2.20 bits per heavy atom. The van der Waals surface area contributed by atoms with Gasteiger partial charge in [0.1, 0.15) is 9.84 Å². The van der Waals surface area contributed by atoms with Crippen LogP contribution in [0.25, 0.3) is 0 Å². The fourth-order valence-corrected chi connectivity index (χ4v) is 2.73. The molecule has 1 N–H and O–H groups in total. The van der Waals surface area contributed by atoms with Crippen LogP contribution in [0, 0.1) is 5.92 Å². The van der Waals surface area contributed by atoms with Gasteiger partial charge in [-0.25, -0.2) is 8.42 Å². The van der Waals surface area contributed by atoms with Crippen molar-refractivity contribution in [2.45, 2.75) is 31.9 Å². The van der Waals surface area contributed by atoms with Gasteiger partial charge in [0.05, 0.1) is 11.9 Å². The Hall–Kier alpha value is -0.130. The zero-order chi connectivity index (χ0) is 11.5. The maximum absolute atomic E-state index is 11.1. The van der Waals surface area contributed by atoms with Crippen molar-refractivity contribution >= 4 is 9.84 Å². The summed E-state index contributed by atoms with van der Waals surface area (Å²) in [7, 11) is -1.01. The highest BCUT2D eigenvalue weighted by molar-refractivity contribution is 7.90. The second-order valence-electron chi connectivity index (χ2n) is 4.42. The molecule has 1 aliphatic heterocycles. The van der Waals surface area contributed by atoms with E-state index in [1.54, 1.807) is 0 Å². The Morgan fingerprint density at radius 3 is 2.60 bits per heavy atom. The summed E-state index contributed by atoms with van der Waals surface area (Å²) < 4.78 is 27.8. The summed E-state index contributed by atoms with van der Waals surface area (Å²) in [6, 6.07) is 0.150. The molecule has 3 unspecified atom stereocenters. The van der Waals surface area contributed by atoms with E-state index in [9.17, 15) is 8.42 Å². The smallest absolute Gasteiger partial charge is 0.147 e. The molecule has 0 aromatic heterocycles. The van der Waals surface area contributed by atoms with Crippen LogP contribution in [0.15, 0.2) is 0 Å². The van der Waals surface area contributed by atoms with E-state index >= 15 is 0 Å². The summed E-state index contributed by atoms with van der Waals surface area (Å²) >= 11 is 0. The Bertz CT molecular complexity index is 289. The zero-order valence-corrected chi connectivity index (χ0v) is 10.5. The minimum absolute atomic E-state index is 0.150. The highest BCUT2D eigenvalue weighted by Crippen LogP contribution is 2.24. The van der Waals surface area contributed by atoms with Gasteiger partial charge in [-0.1, -0.05) is 6.92 Å². The zero-order valence-electron chi connectivity index (χ0n) is 9.69. The van der Waals surface area contributed by atoms with Gasteiger partial charge in [-0.3, -0.25) is 0 Å². The van der Waals surface area contributed by atoms with Crippen molar-refractivity contribution in [2.75, 3.05) is 25.7 Å². The molecule has 0 radical (unpaired) electrons. The second kappa shape index (κ2) is 5.27. The monoisotopic (exact) mass is 235 g/mol. The van der Waals surface area contributed by atoms with Gasteiger partial charge in [0.15, 0.2) is 0 Å². The predicted octanol–water partition coefficient (Wildman–Crippen LogP) is 0.434. The van der Waals surface area contributed by atoms with Gasteiger partial charge < -0.3 is 10.1 Å². The molecular formula is C10H21NO3S. The Morgan fingerprint density at radius 1 is 1.53 bits per heavy atom. The van der Waals surface area contributed by atoms with Gasteiger partial charge in [-0.05, 0) is 25.8 Å². The van der Waals surface area contributed by atoms with E-state index < -0.39 is 9.84 Å². The Labute approximate surface area is 92.3 Å². The first-order valence-corrected chi connectivity index (χ1v) is 7.46. The average molecular weight is 235 g/mol. The van der Waals surface area contributed by atoms with E-state index in [2.05, 4.69) is 12.2 Å². The number of sulfone groups is 1. The van der Waals surface area contributed by atoms with Crippen molar-refractivity contribution in [2.24, 2.45) is 5.92 Å². The molecule has 3 atom stereocenters. The van der Waals surface area contributed by atoms with E-state index in [-0.39, 0.29) is 17.9 Å². The number of hydrogen-bond acceptors (Lipinski definition) is 4. The van der Waals surface area contributed by atoms with Crippen LogP contribution < -0.4 is 5.32 Å². The quantitative estimate of drug-likeness (QED) is 0.751. The minimum atomic E-state index is -2.87. The molecule has 0 amide bonds. The van der Waals surface area contributed by atoms with Gasteiger partial charge in [0.2, 0.25) is 0 Å². The molecule has 0 spiro atoms. The van der Waals surface area contributed by atoms with Gasteiger partial charge in [0.25, 0.3) is 0 Å². The van der Waals surface area contributed by atoms with Gasteiger partial charge >= 0.3 is 0 Å². The lowest BCUT2D eigenvalue weighted by Crippen LogP contribution is -2.41. The molecular weight excluding hydrogens is 214 g/mol. The molecule has 1 heterocycles. The lowest BCUT2D eigenvalue weighted by Gasteiger charge is -2.25. The van der Waals surface area contributed by atoms with Crippen LogP contribution in [0.5, 0.6) is 0 Å². The normalized spacial score (nSPS) is 29.3. The van der Waals surface area contributed by atoms with Gasteiger partial charge in [-0.15, -0.1) is 0 Å². The summed E-state index contributed by atoms with van der Waals surface area (Å²) in [4.78, 5) is 0. The lowest BCUT2D eigenvalue weighted by atomic mass is 9.96. The van der Waals surface area contributed by atoms with Gasteiger partial charge in [0, 0.05) is 18.9 Å². The van der Waals surface area contributed by atoms with Crippen LogP contribution in [0.1, 0.15) is 19.8 Å². The fraction of sp³-hybridized carbons (Fsp3) is 1.00. The van der Waals surface area contributed by atoms with Crippen LogP contribution in [0.4, 0.5) is 0 Å². The third kappa shape index (κ3) is 4.09. The molecule has 0 aromatic carbocycles. The van der Waals surface area contributed by atoms with Crippen LogP contribution in [-0.4, -0.2) is 46.2 Å². The van der Waals surface area contributed by atoms with Crippen molar-refractivity contribution < 1.29 is 13.2 Å². The molecule has 1 aliphatic rings. The summed E-state index contributed by atoms with van der Waals surface area (Å²) in [6.45, 7) is 2.95. The number of nitrogens with one attached hydrogen (secondary N) is 1. The predicted molar refractivity (Wildman–Crippen MR) is 60.7 cm³/mol. The van der Waals surface area contributed by atoms with Crippen molar-refractivity contribution in [3.8, 4) is 0 Å². The van der Waals surface area contributed by atoms with Crippen molar-refractivity contribution in [1.29, 1.82) is 0 Å².